The van der Waals surface area contributed by atoms with Crippen molar-refractivity contribution in [2.75, 3.05) is 85.3 Å². The number of piperidine rings is 1. The molecule has 190 valence electrons. The fourth-order valence-corrected chi connectivity index (χ4v) is 5.80. The fraction of sp³-hybridized carbons (Fsp3) is 0.607. The van der Waals surface area contributed by atoms with Crippen LogP contribution in [-0.2, 0) is 20.8 Å². The van der Waals surface area contributed by atoms with Gasteiger partial charge in [-0.1, -0.05) is 36.4 Å². The Morgan fingerprint density at radius 2 is 1.57 bits per heavy atom. The Hall–Kier alpha value is -2.03. The zero-order valence-corrected chi connectivity index (χ0v) is 20.9. The third-order valence-electron chi connectivity index (χ3n) is 7.65. The van der Waals surface area contributed by atoms with E-state index in [9.17, 15) is 4.79 Å². The molecule has 0 bridgehead atoms. The number of fused-ring (bicyclic) bond motifs is 1. The smallest absolute Gasteiger partial charge is 0.224 e. The molecule has 7 heteroatoms. The summed E-state index contributed by atoms with van der Waals surface area (Å²) in [5.41, 5.74) is 1.32. The molecule has 3 fully saturated rings. The Morgan fingerprint density at radius 1 is 0.857 bits per heavy atom. The molecule has 0 aromatic heterocycles. The van der Waals surface area contributed by atoms with Gasteiger partial charge in [-0.25, -0.2) is 0 Å². The molecule has 0 saturated carbocycles. The van der Waals surface area contributed by atoms with Crippen LogP contribution in [0.15, 0.2) is 42.5 Å². The molecule has 3 heterocycles. The molecule has 35 heavy (non-hydrogen) atoms. The van der Waals surface area contributed by atoms with E-state index in [1.165, 1.54) is 16.3 Å². The number of nitrogens with zero attached hydrogens (tertiary/aromatic N) is 3. The van der Waals surface area contributed by atoms with Gasteiger partial charge in [0, 0.05) is 65.4 Å². The van der Waals surface area contributed by atoms with Crippen LogP contribution in [0.4, 0.5) is 0 Å². The molecule has 0 aliphatic carbocycles. The van der Waals surface area contributed by atoms with Gasteiger partial charge in [0.1, 0.15) is 0 Å². The quantitative estimate of drug-likeness (QED) is 0.624. The largest absolute Gasteiger partial charge is 0.379 e. The van der Waals surface area contributed by atoms with Crippen LogP contribution in [0.1, 0.15) is 12.0 Å². The fourth-order valence-electron chi connectivity index (χ4n) is 5.80. The van der Waals surface area contributed by atoms with Crippen molar-refractivity contribution < 1.29 is 14.3 Å². The van der Waals surface area contributed by atoms with Gasteiger partial charge in [0.05, 0.1) is 32.3 Å². The lowest BCUT2D eigenvalue weighted by atomic mass is 9.87. The summed E-state index contributed by atoms with van der Waals surface area (Å²) in [6.45, 7) is 12.6. The van der Waals surface area contributed by atoms with Gasteiger partial charge in [-0.05, 0) is 34.7 Å². The van der Waals surface area contributed by atoms with E-state index in [2.05, 4.69) is 62.5 Å². The number of likely N-dealkylation sites (tertiary alicyclic amines) is 1. The van der Waals surface area contributed by atoms with Gasteiger partial charge in [-0.3, -0.25) is 19.5 Å². The van der Waals surface area contributed by atoms with Crippen LogP contribution in [0.5, 0.6) is 0 Å². The zero-order valence-electron chi connectivity index (χ0n) is 20.9. The van der Waals surface area contributed by atoms with E-state index in [0.29, 0.717) is 12.5 Å². The minimum atomic E-state index is 0.0416. The first-order chi connectivity index (χ1) is 17.2. The van der Waals surface area contributed by atoms with Crippen molar-refractivity contribution in [2.45, 2.75) is 13.0 Å². The van der Waals surface area contributed by atoms with Gasteiger partial charge >= 0.3 is 0 Å². The minimum Gasteiger partial charge on any atom is -0.379 e. The van der Waals surface area contributed by atoms with E-state index in [1.54, 1.807) is 0 Å². The highest BCUT2D eigenvalue weighted by molar-refractivity contribution is 5.83. The maximum absolute atomic E-state index is 13.2. The number of benzene rings is 2. The highest BCUT2D eigenvalue weighted by atomic mass is 16.5. The number of amides is 1. The Bertz CT molecular complexity index is 958. The molecule has 1 N–H and O–H groups in total. The molecule has 1 amide bonds. The summed E-state index contributed by atoms with van der Waals surface area (Å²) in [5.74, 6) is 0.755. The monoisotopic (exact) mass is 480 g/mol. The highest BCUT2D eigenvalue weighted by Crippen LogP contribution is 2.26. The average Bonchev–Trinajstić information content (AvgIpc) is 2.89. The predicted octanol–water partition coefficient (Wildman–Crippen LogP) is 2.06. The molecule has 3 aliphatic rings. The molecular formula is C28H40N4O3. The van der Waals surface area contributed by atoms with Crippen molar-refractivity contribution >= 4 is 16.7 Å². The molecule has 0 radical (unpaired) electrons. The number of ether oxygens (including phenoxy) is 2. The van der Waals surface area contributed by atoms with Crippen molar-refractivity contribution in [3.05, 3.63) is 48.0 Å². The van der Waals surface area contributed by atoms with Gasteiger partial charge in [-0.15, -0.1) is 0 Å². The van der Waals surface area contributed by atoms with Crippen LogP contribution in [0.2, 0.25) is 0 Å². The summed E-state index contributed by atoms with van der Waals surface area (Å²) in [5, 5.41) is 5.81. The maximum atomic E-state index is 13.2. The number of hydrogen-bond acceptors (Lipinski definition) is 6. The molecule has 3 aliphatic heterocycles. The normalized spacial score (nSPS) is 25.0. The van der Waals surface area contributed by atoms with Crippen LogP contribution < -0.4 is 5.32 Å². The van der Waals surface area contributed by atoms with Crippen molar-refractivity contribution in [3.8, 4) is 0 Å². The number of rotatable bonds is 8. The summed E-state index contributed by atoms with van der Waals surface area (Å²) in [7, 11) is 0. The summed E-state index contributed by atoms with van der Waals surface area (Å²) in [6.07, 6.45) is 0.967. The van der Waals surface area contributed by atoms with Gasteiger partial charge in [0.15, 0.2) is 0 Å². The summed E-state index contributed by atoms with van der Waals surface area (Å²) in [4.78, 5) is 20.6. The van der Waals surface area contributed by atoms with Gasteiger partial charge in [0.25, 0.3) is 0 Å². The van der Waals surface area contributed by atoms with Crippen molar-refractivity contribution in [3.63, 3.8) is 0 Å². The molecule has 5 rings (SSSR count). The molecular weight excluding hydrogens is 440 g/mol. The highest BCUT2D eigenvalue weighted by Gasteiger charge is 2.32. The third-order valence-corrected chi connectivity index (χ3v) is 7.65. The van der Waals surface area contributed by atoms with Crippen molar-refractivity contribution in [1.82, 2.24) is 20.0 Å². The van der Waals surface area contributed by atoms with Crippen LogP contribution in [0.3, 0.4) is 0 Å². The summed E-state index contributed by atoms with van der Waals surface area (Å²) >= 11 is 0. The second-order valence-electron chi connectivity index (χ2n) is 10.3. The standard InChI is InChI=1S/C28H40N4O3/c33-28(29-7-8-30-9-13-34-14-10-30)27-18-24(20-31-11-15-35-16-12-31)21-32(22-27)19-23-5-6-25-3-1-2-4-26(25)17-23/h1-6,17,24,27H,7-16,18-22H2,(H,29,33)/t24-,27-/m1/s1. The van der Waals surface area contributed by atoms with E-state index in [0.717, 1.165) is 91.8 Å². The van der Waals surface area contributed by atoms with E-state index in [1.807, 2.05) is 0 Å². The maximum Gasteiger partial charge on any atom is 0.224 e. The number of nitrogens with one attached hydrogen (secondary N) is 1. The number of hydrogen-bond donors (Lipinski definition) is 1. The summed E-state index contributed by atoms with van der Waals surface area (Å²) in [6, 6.07) is 15.3. The SMILES string of the molecule is O=C(NCCN1CCOCC1)[C@@H]1C[C@H](CN2CCOCC2)CN(Cc2ccc3ccccc3c2)C1. The molecule has 2 aromatic carbocycles. The van der Waals surface area contributed by atoms with Gasteiger partial charge in [-0.2, -0.15) is 0 Å². The van der Waals surface area contributed by atoms with E-state index >= 15 is 0 Å². The summed E-state index contributed by atoms with van der Waals surface area (Å²) < 4.78 is 11.0. The second-order valence-corrected chi connectivity index (χ2v) is 10.3. The lowest BCUT2D eigenvalue weighted by molar-refractivity contribution is -0.128. The van der Waals surface area contributed by atoms with Crippen molar-refractivity contribution in [2.24, 2.45) is 11.8 Å². The molecule has 0 spiro atoms. The Labute approximate surface area is 209 Å². The predicted molar refractivity (Wildman–Crippen MR) is 138 cm³/mol. The second kappa shape index (κ2) is 12.3. The molecule has 2 aromatic rings. The van der Waals surface area contributed by atoms with E-state index in [4.69, 9.17) is 9.47 Å². The molecule has 7 nitrogen and oxygen atoms in total. The third kappa shape index (κ3) is 7.02. The average molecular weight is 481 g/mol. The molecule has 2 atom stereocenters. The van der Waals surface area contributed by atoms with Gasteiger partial charge in [0.2, 0.25) is 5.91 Å². The van der Waals surface area contributed by atoms with Gasteiger partial charge < -0.3 is 14.8 Å². The lowest BCUT2D eigenvalue weighted by Gasteiger charge is -2.40. The number of morpholine rings is 2. The molecule has 3 saturated heterocycles. The Balaban J connectivity index is 1.21. The van der Waals surface area contributed by atoms with Crippen LogP contribution >= 0.6 is 0 Å². The number of carbonyl (C=O) groups excluding carboxylic acids is 1. The topological polar surface area (TPSA) is 57.3 Å². The van der Waals surface area contributed by atoms with Crippen LogP contribution in [0.25, 0.3) is 10.8 Å². The van der Waals surface area contributed by atoms with Crippen molar-refractivity contribution in [1.29, 1.82) is 0 Å². The first-order valence-corrected chi connectivity index (χ1v) is 13.3. The zero-order chi connectivity index (χ0) is 23.9. The molecule has 0 unspecified atom stereocenters. The minimum absolute atomic E-state index is 0.0416. The Kier molecular flexibility index (Phi) is 8.65. The van der Waals surface area contributed by atoms with Crippen LogP contribution in [0, 0.1) is 11.8 Å². The Morgan fingerprint density at radius 3 is 2.34 bits per heavy atom. The van der Waals surface area contributed by atoms with E-state index < -0.39 is 0 Å². The van der Waals surface area contributed by atoms with E-state index in [-0.39, 0.29) is 11.8 Å². The first-order valence-electron chi connectivity index (χ1n) is 13.3. The lowest BCUT2D eigenvalue weighted by Crippen LogP contribution is -2.50. The number of carbonyl (C=O) groups is 1. The van der Waals surface area contributed by atoms with Crippen LogP contribution in [-0.4, -0.2) is 106 Å². The first kappa shape index (κ1) is 24.7.